The van der Waals surface area contributed by atoms with Crippen molar-refractivity contribution < 1.29 is 19.5 Å². The first kappa shape index (κ1) is 13.2. The minimum Gasteiger partial charge on any atom is -0.480 e. The van der Waals surface area contributed by atoms with Crippen LogP contribution in [0.1, 0.15) is 19.8 Å². The van der Waals surface area contributed by atoms with Crippen molar-refractivity contribution in [2.45, 2.75) is 25.8 Å². The lowest BCUT2D eigenvalue weighted by Gasteiger charge is -2.10. The van der Waals surface area contributed by atoms with Gasteiger partial charge in [-0.1, -0.05) is 0 Å². The van der Waals surface area contributed by atoms with Crippen molar-refractivity contribution in [3.05, 3.63) is 0 Å². The molecule has 0 aromatic carbocycles. The minimum atomic E-state index is -1.11. The zero-order valence-electron chi connectivity index (χ0n) is 8.45. The first-order chi connectivity index (χ1) is 6.93. The fourth-order valence-corrected chi connectivity index (χ4v) is 0.774. The Labute approximate surface area is 87.0 Å². The highest BCUT2D eigenvalue weighted by molar-refractivity contribution is 5.82. The molecule has 0 aliphatic rings. The average molecular weight is 217 g/mol. The molecule has 0 rings (SSSR count). The van der Waals surface area contributed by atoms with Gasteiger partial charge in [0.2, 0.25) is 5.91 Å². The summed E-state index contributed by atoms with van der Waals surface area (Å²) in [5, 5.41) is 13.1. The second kappa shape index (κ2) is 6.63. The van der Waals surface area contributed by atoms with Gasteiger partial charge in [-0.2, -0.15) is 0 Å². The van der Waals surface area contributed by atoms with E-state index in [2.05, 4.69) is 10.6 Å². The van der Waals surface area contributed by atoms with Crippen LogP contribution in [0.5, 0.6) is 0 Å². The van der Waals surface area contributed by atoms with Crippen molar-refractivity contribution in [3.8, 4) is 0 Å². The summed E-state index contributed by atoms with van der Waals surface area (Å²) < 4.78 is 0. The second-order valence-corrected chi connectivity index (χ2v) is 3.03. The van der Waals surface area contributed by atoms with E-state index in [-0.39, 0.29) is 13.0 Å². The molecule has 7 nitrogen and oxygen atoms in total. The number of hydrogen-bond acceptors (Lipinski definition) is 3. The van der Waals surface area contributed by atoms with Crippen LogP contribution < -0.4 is 16.4 Å². The van der Waals surface area contributed by atoms with Crippen LogP contribution in [0.25, 0.3) is 0 Å². The molecule has 0 fully saturated rings. The summed E-state index contributed by atoms with van der Waals surface area (Å²) in [5.74, 6) is -1.54. The van der Waals surface area contributed by atoms with Crippen LogP contribution in [-0.2, 0) is 9.59 Å². The summed E-state index contributed by atoms with van der Waals surface area (Å²) in [6, 6.07) is -1.52. The summed E-state index contributed by atoms with van der Waals surface area (Å²) in [6.07, 6.45) is 0.624. The molecule has 0 bridgehead atoms. The van der Waals surface area contributed by atoms with Gasteiger partial charge in [0.1, 0.15) is 6.04 Å². The maximum absolute atomic E-state index is 11.0. The topological polar surface area (TPSA) is 122 Å². The molecule has 86 valence electrons. The van der Waals surface area contributed by atoms with Crippen molar-refractivity contribution in [3.63, 3.8) is 0 Å². The summed E-state index contributed by atoms with van der Waals surface area (Å²) in [7, 11) is 0. The van der Waals surface area contributed by atoms with E-state index in [9.17, 15) is 14.4 Å². The number of hydrogen-bond donors (Lipinski definition) is 4. The van der Waals surface area contributed by atoms with Gasteiger partial charge in [0.25, 0.3) is 0 Å². The first-order valence-corrected chi connectivity index (χ1v) is 4.49. The van der Waals surface area contributed by atoms with E-state index in [1.54, 1.807) is 0 Å². The fourth-order valence-electron chi connectivity index (χ4n) is 0.774. The molecule has 0 aliphatic heterocycles. The van der Waals surface area contributed by atoms with Gasteiger partial charge in [-0.05, 0) is 13.3 Å². The van der Waals surface area contributed by atoms with Crippen LogP contribution in [0, 0.1) is 0 Å². The summed E-state index contributed by atoms with van der Waals surface area (Å²) in [5.41, 5.74) is 4.88. The lowest BCUT2D eigenvalue weighted by Crippen LogP contribution is -2.44. The quantitative estimate of drug-likeness (QED) is 0.427. The summed E-state index contributed by atoms with van der Waals surface area (Å²) in [4.78, 5) is 31.7. The molecule has 0 radical (unpaired) electrons. The molecule has 7 heteroatoms. The lowest BCUT2D eigenvalue weighted by atomic mass is 10.3. The molecule has 0 heterocycles. The normalized spacial score (nSPS) is 11.5. The molecule has 1 atom stereocenters. The molecule has 0 aromatic rings. The van der Waals surface area contributed by atoms with Crippen LogP contribution >= 0.6 is 0 Å². The molecule has 0 aliphatic carbocycles. The van der Waals surface area contributed by atoms with Crippen LogP contribution in [0.15, 0.2) is 0 Å². The van der Waals surface area contributed by atoms with E-state index in [4.69, 9.17) is 10.8 Å². The number of aliphatic carboxylic acids is 1. The smallest absolute Gasteiger partial charge is 0.325 e. The van der Waals surface area contributed by atoms with E-state index in [0.717, 1.165) is 0 Å². The van der Waals surface area contributed by atoms with Gasteiger partial charge in [0, 0.05) is 13.0 Å². The zero-order chi connectivity index (χ0) is 11.8. The molecule has 0 spiro atoms. The SMILES string of the molecule is C[C@@H](NC(=O)NCCCC(N)=O)C(=O)O. The Morgan fingerprint density at radius 3 is 2.47 bits per heavy atom. The zero-order valence-corrected chi connectivity index (χ0v) is 8.45. The number of nitrogens with one attached hydrogen (secondary N) is 2. The summed E-state index contributed by atoms with van der Waals surface area (Å²) >= 11 is 0. The minimum absolute atomic E-state index is 0.189. The van der Waals surface area contributed by atoms with Crippen LogP contribution in [-0.4, -0.2) is 35.6 Å². The van der Waals surface area contributed by atoms with E-state index in [1.807, 2.05) is 0 Å². The van der Waals surface area contributed by atoms with Crippen LogP contribution in [0.4, 0.5) is 4.79 Å². The predicted octanol–water partition coefficient (Wildman–Crippen LogP) is -0.976. The predicted molar refractivity (Wildman–Crippen MR) is 52.1 cm³/mol. The largest absolute Gasteiger partial charge is 0.480 e. The standard InChI is InChI=1S/C8H15N3O4/c1-5(7(13)14)11-8(15)10-4-2-3-6(9)12/h5H,2-4H2,1H3,(H2,9,12)(H,13,14)(H2,10,11,15)/t5-/m1/s1. The second-order valence-electron chi connectivity index (χ2n) is 3.03. The molecule has 5 N–H and O–H groups in total. The van der Waals surface area contributed by atoms with Gasteiger partial charge in [-0.25, -0.2) is 4.79 Å². The number of carboxylic acids is 1. The number of primary amides is 1. The number of rotatable bonds is 6. The van der Waals surface area contributed by atoms with Crippen molar-refractivity contribution in [1.82, 2.24) is 10.6 Å². The summed E-state index contributed by atoms with van der Waals surface area (Å²) in [6.45, 7) is 1.63. The Morgan fingerprint density at radius 2 is 2.00 bits per heavy atom. The fraction of sp³-hybridized carbons (Fsp3) is 0.625. The third-order valence-electron chi connectivity index (χ3n) is 1.60. The Kier molecular flexibility index (Phi) is 5.84. The van der Waals surface area contributed by atoms with Gasteiger partial charge in [-0.3, -0.25) is 9.59 Å². The molecule has 0 aromatic heterocycles. The molecular weight excluding hydrogens is 202 g/mol. The molecule has 3 amide bonds. The van der Waals surface area contributed by atoms with Gasteiger partial charge < -0.3 is 21.5 Å². The highest BCUT2D eigenvalue weighted by atomic mass is 16.4. The Bertz CT molecular complexity index is 254. The van der Waals surface area contributed by atoms with Crippen molar-refractivity contribution >= 4 is 17.9 Å². The molecule has 0 unspecified atom stereocenters. The van der Waals surface area contributed by atoms with Crippen LogP contribution in [0.3, 0.4) is 0 Å². The monoisotopic (exact) mass is 217 g/mol. The number of nitrogens with two attached hydrogens (primary N) is 1. The number of carbonyl (C=O) groups is 3. The Morgan fingerprint density at radius 1 is 1.40 bits per heavy atom. The van der Waals surface area contributed by atoms with Crippen molar-refractivity contribution in [1.29, 1.82) is 0 Å². The maximum atomic E-state index is 11.0. The van der Waals surface area contributed by atoms with E-state index >= 15 is 0 Å². The highest BCUT2D eigenvalue weighted by Crippen LogP contribution is 1.85. The van der Waals surface area contributed by atoms with Crippen molar-refractivity contribution in [2.24, 2.45) is 5.73 Å². The average Bonchev–Trinajstić information content (AvgIpc) is 2.12. The first-order valence-electron chi connectivity index (χ1n) is 4.49. The third-order valence-corrected chi connectivity index (χ3v) is 1.60. The van der Waals surface area contributed by atoms with Gasteiger partial charge in [-0.15, -0.1) is 0 Å². The molecule has 0 saturated heterocycles. The molecule has 15 heavy (non-hydrogen) atoms. The Hall–Kier alpha value is -1.79. The van der Waals surface area contributed by atoms with Gasteiger partial charge in [0.15, 0.2) is 0 Å². The number of carbonyl (C=O) groups excluding carboxylic acids is 2. The lowest BCUT2D eigenvalue weighted by molar-refractivity contribution is -0.138. The number of amides is 3. The maximum Gasteiger partial charge on any atom is 0.325 e. The van der Waals surface area contributed by atoms with Crippen molar-refractivity contribution in [2.75, 3.05) is 6.54 Å². The Balaban J connectivity index is 3.58. The number of carboxylic acid groups (broad SMARTS) is 1. The highest BCUT2D eigenvalue weighted by Gasteiger charge is 2.12. The van der Waals surface area contributed by atoms with E-state index < -0.39 is 23.9 Å². The van der Waals surface area contributed by atoms with E-state index in [1.165, 1.54) is 6.92 Å². The third kappa shape index (κ3) is 7.29. The van der Waals surface area contributed by atoms with Crippen LogP contribution in [0.2, 0.25) is 0 Å². The molecule has 0 saturated carbocycles. The molecular formula is C8H15N3O4. The van der Waals surface area contributed by atoms with Gasteiger partial charge >= 0.3 is 12.0 Å². The van der Waals surface area contributed by atoms with E-state index in [0.29, 0.717) is 6.42 Å². The van der Waals surface area contributed by atoms with Gasteiger partial charge in [0.05, 0.1) is 0 Å². The number of urea groups is 1.